The van der Waals surface area contributed by atoms with Crippen molar-refractivity contribution in [3.8, 4) is 5.75 Å². The highest BCUT2D eigenvalue weighted by molar-refractivity contribution is 5.88. The number of hydrogen-bond acceptors (Lipinski definition) is 2. The number of nitrogens with zero attached hydrogens (tertiary/aromatic N) is 1. The number of H-pyrrole nitrogens is 1. The Hall–Kier alpha value is -2.55. The molecule has 3 nitrogen and oxygen atoms in total. The summed E-state index contributed by atoms with van der Waals surface area (Å²) in [6.07, 6.45) is 9.48. The minimum absolute atomic E-state index is 0.205. The number of aromatic nitrogens is 2. The van der Waals surface area contributed by atoms with Crippen LogP contribution in [0.5, 0.6) is 5.75 Å². The molecule has 92 valence electrons. The van der Waals surface area contributed by atoms with Gasteiger partial charge in [-0.25, -0.2) is 0 Å². The number of benzene rings is 1. The topological polar surface area (TPSA) is 37.9 Å². The summed E-state index contributed by atoms with van der Waals surface area (Å²) in [6, 6.07) is 10.3. The van der Waals surface area contributed by atoms with Gasteiger partial charge < -0.3 is 9.72 Å². The Kier molecular flexibility index (Phi) is 2.18. The van der Waals surface area contributed by atoms with Gasteiger partial charge in [0.25, 0.3) is 0 Å². The summed E-state index contributed by atoms with van der Waals surface area (Å²) < 4.78 is 5.73. The van der Waals surface area contributed by atoms with Gasteiger partial charge in [0.2, 0.25) is 0 Å². The van der Waals surface area contributed by atoms with Gasteiger partial charge in [-0.15, -0.1) is 0 Å². The van der Waals surface area contributed by atoms with Crippen molar-refractivity contribution in [3.05, 3.63) is 72.4 Å². The van der Waals surface area contributed by atoms with E-state index in [0.29, 0.717) is 0 Å². The van der Waals surface area contributed by atoms with E-state index < -0.39 is 0 Å². The first-order valence-electron chi connectivity index (χ1n) is 6.27. The van der Waals surface area contributed by atoms with Gasteiger partial charge in [-0.05, 0) is 29.8 Å². The van der Waals surface area contributed by atoms with Crippen LogP contribution in [0.3, 0.4) is 0 Å². The Bertz CT molecular complexity index is 759. The van der Waals surface area contributed by atoms with Crippen molar-refractivity contribution in [2.24, 2.45) is 0 Å². The molecule has 1 aliphatic rings. The van der Waals surface area contributed by atoms with Crippen LogP contribution in [-0.2, 0) is 0 Å². The zero-order valence-electron chi connectivity index (χ0n) is 10.2. The number of ether oxygens (including phenoxy) is 1. The van der Waals surface area contributed by atoms with E-state index in [1.54, 1.807) is 12.5 Å². The second-order valence-electron chi connectivity index (χ2n) is 4.63. The Morgan fingerprint density at radius 3 is 3.05 bits per heavy atom. The molecule has 3 heteroatoms. The first-order valence-corrected chi connectivity index (χ1v) is 6.27. The van der Waals surface area contributed by atoms with Gasteiger partial charge in [-0.1, -0.05) is 12.1 Å². The molecule has 0 saturated heterocycles. The molecule has 0 amide bonds. The van der Waals surface area contributed by atoms with E-state index in [4.69, 9.17) is 4.74 Å². The van der Waals surface area contributed by atoms with Crippen molar-refractivity contribution in [1.82, 2.24) is 9.97 Å². The maximum Gasteiger partial charge on any atom is 0.139 e. The van der Waals surface area contributed by atoms with Crippen LogP contribution >= 0.6 is 0 Å². The minimum atomic E-state index is 0.205. The molecule has 1 aromatic carbocycles. The lowest BCUT2D eigenvalue weighted by molar-refractivity contribution is 0.465. The van der Waals surface area contributed by atoms with E-state index >= 15 is 0 Å². The van der Waals surface area contributed by atoms with E-state index in [0.717, 1.165) is 16.7 Å². The fourth-order valence-electron chi connectivity index (χ4n) is 2.64. The maximum absolute atomic E-state index is 5.73. The molecule has 1 atom stereocenters. The van der Waals surface area contributed by atoms with Crippen LogP contribution in [0.15, 0.2) is 61.3 Å². The Balaban J connectivity index is 1.93. The summed E-state index contributed by atoms with van der Waals surface area (Å²) >= 11 is 0. The molecule has 0 aliphatic carbocycles. The average molecular weight is 248 g/mol. The van der Waals surface area contributed by atoms with Crippen molar-refractivity contribution in [2.75, 3.05) is 0 Å². The normalized spacial score (nSPS) is 17.2. The van der Waals surface area contributed by atoms with Crippen LogP contribution in [0, 0.1) is 0 Å². The number of nitrogens with one attached hydrogen (secondary N) is 1. The van der Waals surface area contributed by atoms with Crippen molar-refractivity contribution in [1.29, 1.82) is 0 Å². The number of aromatic amines is 1. The second-order valence-corrected chi connectivity index (χ2v) is 4.63. The predicted molar refractivity (Wildman–Crippen MR) is 74.1 cm³/mol. The highest BCUT2D eigenvalue weighted by Crippen LogP contribution is 2.40. The molecule has 19 heavy (non-hydrogen) atoms. The van der Waals surface area contributed by atoms with Gasteiger partial charge in [-0.2, -0.15) is 0 Å². The number of pyridine rings is 1. The standard InChI is InChI=1S/C16H12N2O/c1-2-11(10-17-7-1)12-6-9-19-16-13(12)3-4-15-14(16)5-8-18-15/h1-10,12,18H. The third kappa shape index (κ3) is 1.55. The molecule has 3 aromatic rings. The average Bonchev–Trinajstić information content (AvgIpc) is 2.96. The van der Waals surface area contributed by atoms with E-state index in [9.17, 15) is 0 Å². The summed E-state index contributed by atoms with van der Waals surface area (Å²) in [6.45, 7) is 0. The smallest absolute Gasteiger partial charge is 0.139 e. The van der Waals surface area contributed by atoms with Gasteiger partial charge in [0.1, 0.15) is 5.75 Å². The lowest BCUT2D eigenvalue weighted by atomic mass is 9.90. The van der Waals surface area contributed by atoms with Gasteiger partial charge >= 0.3 is 0 Å². The zero-order chi connectivity index (χ0) is 12.7. The predicted octanol–water partition coefficient (Wildman–Crippen LogP) is 3.60. The molecule has 4 rings (SSSR count). The van der Waals surface area contributed by atoms with E-state index in [1.165, 1.54) is 11.1 Å². The Morgan fingerprint density at radius 1 is 1.16 bits per heavy atom. The molecule has 0 fully saturated rings. The van der Waals surface area contributed by atoms with E-state index in [2.05, 4.69) is 34.2 Å². The van der Waals surface area contributed by atoms with Crippen molar-refractivity contribution < 1.29 is 4.74 Å². The molecule has 0 radical (unpaired) electrons. The third-order valence-electron chi connectivity index (χ3n) is 3.55. The lowest BCUT2D eigenvalue weighted by Crippen LogP contribution is -2.06. The molecule has 0 saturated carbocycles. The minimum Gasteiger partial charge on any atom is -0.464 e. The Labute approximate surface area is 110 Å². The van der Waals surface area contributed by atoms with Crippen LogP contribution in [0.25, 0.3) is 10.9 Å². The molecule has 1 aliphatic heterocycles. The maximum atomic E-state index is 5.73. The zero-order valence-corrected chi connectivity index (χ0v) is 10.2. The highest BCUT2D eigenvalue weighted by atomic mass is 16.5. The first kappa shape index (κ1) is 10.4. The van der Waals surface area contributed by atoms with Crippen molar-refractivity contribution >= 4 is 10.9 Å². The van der Waals surface area contributed by atoms with Gasteiger partial charge in [0, 0.05) is 41.0 Å². The quantitative estimate of drug-likeness (QED) is 0.714. The number of rotatable bonds is 1. The van der Waals surface area contributed by atoms with Gasteiger partial charge in [-0.3, -0.25) is 4.98 Å². The molecule has 3 heterocycles. The van der Waals surface area contributed by atoms with Crippen LogP contribution < -0.4 is 4.74 Å². The van der Waals surface area contributed by atoms with E-state index in [-0.39, 0.29) is 5.92 Å². The number of fused-ring (bicyclic) bond motifs is 3. The van der Waals surface area contributed by atoms with Crippen LogP contribution in [0.2, 0.25) is 0 Å². The van der Waals surface area contributed by atoms with Crippen LogP contribution in [0.1, 0.15) is 17.0 Å². The summed E-state index contributed by atoms with van der Waals surface area (Å²) in [7, 11) is 0. The molecule has 0 bridgehead atoms. The van der Waals surface area contributed by atoms with Crippen molar-refractivity contribution in [3.63, 3.8) is 0 Å². The second kappa shape index (κ2) is 3.99. The van der Waals surface area contributed by atoms with E-state index in [1.807, 2.05) is 24.5 Å². The fraction of sp³-hybridized carbons (Fsp3) is 0.0625. The first-order chi connectivity index (χ1) is 9.43. The highest BCUT2D eigenvalue weighted by Gasteiger charge is 2.21. The van der Waals surface area contributed by atoms with Gasteiger partial charge in [0.05, 0.1) is 6.26 Å². The largest absolute Gasteiger partial charge is 0.464 e. The summed E-state index contributed by atoms with van der Waals surface area (Å²) in [5.74, 6) is 1.15. The third-order valence-corrected chi connectivity index (χ3v) is 3.55. The monoisotopic (exact) mass is 248 g/mol. The Morgan fingerprint density at radius 2 is 2.16 bits per heavy atom. The van der Waals surface area contributed by atoms with Crippen LogP contribution in [-0.4, -0.2) is 9.97 Å². The molecule has 1 unspecified atom stereocenters. The van der Waals surface area contributed by atoms with Crippen LogP contribution in [0.4, 0.5) is 0 Å². The molecule has 1 N–H and O–H groups in total. The summed E-state index contributed by atoms with van der Waals surface area (Å²) in [4.78, 5) is 7.41. The fourth-order valence-corrected chi connectivity index (χ4v) is 2.64. The number of allylic oxidation sites excluding steroid dienone is 1. The molecular weight excluding hydrogens is 236 g/mol. The van der Waals surface area contributed by atoms with Crippen molar-refractivity contribution in [2.45, 2.75) is 5.92 Å². The molecule has 2 aromatic heterocycles. The summed E-state index contributed by atoms with van der Waals surface area (Å²) in [5.41, 5.74) is 3.46. The summed E-state index contributed by atoms with van der Waals surface area (Å²) in [5, 5.41) is 1.12. The van der Waals surface area contributed by atoms with Gasteiger partial charge in [0.15, 0.2) is 0 Å². The molecule has 0 spiro atoms. The molecular formula is C16H12N2O. The SMILES string of the molecule is C1=CC(c2cccnc2)c2ccc3[nH]ccc3c2O1. The lowest BCUT2D eigenvalue weighted by Gasteiger charge is -2.21. The number of hydrogen-bond donors (Lipinski definition) is 1.